The van der Waals surface area contributed by atoms with Gasteiger partial charge in [-0.15, -0.1) is 10.2 Å². The molecular formula is C22H16F3N7O2S. The average molecular weight is 499 g/mol. The number of aromatic nitrogens is 6. The summed E-state index contributed by atoms with van der Waals surface area (Å²) in [5, 5.41) is 17.0. The fourth-order valence-electron chi connectivity index (χ4n) is 3.29. The Balaban J connectivity index is 1.87. The zero-order valence-electron chi connectivity index (χ0n) is 18.3. The van der Waals surface area contributed by atoms with Gasteiger partial charge in [-0.2, -0.15) is 18.4 Å². The van der Waals surface area contributed by atoms with Crippen molar-refractivity contribution in [3.05, 3.63) is 60.0 Å². The third kappa shape index (κ3) is 4.60. The lowest BCUT2D eigenvalue weighted by molar-refractivity contribution is -0.137. The lowest BCUT2D eigenvalue weighted by Crippen LogP contribution is -2.10. The van der Waals surface area contributed by atoms with Crippen molar-refractivity contribution in [2.45, 2.75) is 18.0 Å². The summed E-state index contributed by atoms with van der Waals surface area (Å²) in [5.74, 6) is -0.215. The van der Waals surface area contributed by atoms with Crippen LogP contribution in [-0.4, -0.2) is 43.9 Å². The van der Waals surface area contributed by atoms with Crippen LogP contribution >= 0.6 is 0 Å². The van der Waals surface area contributed by atoms with Crippen molar-refractivity contribution in [2.24, 2.45) is 7.05 Å². The van der Waals surface area contributed by atoms with Crippen LogP contribution in [0.5, 0.6) is 0 Å². The van der Waals surface area contributed by atoms with Gasteiger partial charge in [0.25, 0.3) is 0 Å². The molecule has 0 amide bonds. The third-order valence-corrected chi connectivity index (χ3v) is 6.87. The van der Waals surface area contributed by atoms with Gasteiger partial charge in [-0.05, 0) is 30.3 Å². The van der Waals surface area contributed by atoms with Crippen molar-refractivity contribution in [1.29, 1.82) is 5.26 Å². The van der Waals surface area contributed by atoms with Crippen LogP contribution in [0.4, 0.5) is 13.2 Å². The maximum Gasteiger partial charge on any atom is 0.416 e. The van der Waals surface area contributed by atoms with Gasteiger partial charge in [0.15, 0.2) is 21.5 Å². The fourth-order valence-corrected chi connectivity index (χ4v) is 4.35. The van der Waals surface area contributed by atoms with Gasteiger partial charge in [-0.1, -0.05) is 13.0 Å². The summed E-state index contributed by atoms with van der Waals surface area (Å²) in [5.41, 5.74) is -0.161. The Morgan fingerprint density at radius 3 is 2.49 bits per heavy atom. The molecule has 4 rings (SSSR count). The molecule has 0 atom stereocenters. The van der Waals surface area contributed by atoms with Crippen LogP contribution in [0.3, 0.4) is 0 Å². The molecule has 4 heterocycles. The van der Waals surface area contributed by atoms with E-state index in [4.69, 9.17) is 5.26 Å². The molecule has 178 valence electrons. The molecule has 0 spiro atoms. The number of pyridine rings is 3. The van der Waals surface area contributed by atoms with Crippen molar-refractivity contribution in [1.82, 2.24) is 29.7 Å². The zero-order chi connectivity index (χ0) is 25.4. The summed E-state index contributed by atoms with van der Waals surface area (Å²) in [6.45, 7) is 1.47. The third-order valence-electron chi connectivity index (χ3n) is 5.13. The number of hydrogen-bond donors (Lipinski definition) is 0. The van der Waals surface area contributed by atoms with E-state index in [0.29, 0.717) is 11.3 Å². The number of hydrogen-bond acceptors (Lipinski definition) is 8. The van der Waals surface area contributed by atoms with Gasteiger partial charge in [-0.25, -0.2) is 13.4 Å². The molecule has 13 heteroatoms. The zero-order valence-corrected chi connectivity index (χ0v) is 19.1. The monoisotopic (exact) mass is 499 g/mol. The summed E-state index contributed by atoms with van der Waals surface area (Å²) >= 11 is 0. The second kappa shape index (κ2) is 8.88. The van der Waals surface area contributed by atoms with Crippen molar-refractivity contribution >= 4 is 9.84 Å². The van der Waals surface area contributed by atoms with E-state index >= 15 is 0 Å². The van der Waals surface area contributed by atoms with E-state index in [-0.39, 0.29) is 39.4 Å². The number of nitrogens with zero attached hydrogens (tertiary/aromatic N) is 7. The molecule has 0 aliphatic heterocycles. The lowest BCUT2D eigenvalue weighted by atomic mass is 10.1. The Kier molecular flexibility index (Phi) is 6.08. The highest BCUT2D eigenvalue weighted by atomic mass is 32.2. The summed E-state index contributed by atoms with van der Waals surface area (Å²) < 4.78 is 66.6. The van der Waals surface area contributed by atoms with Crippen LogP contribution in [0.2, 0.25) is 0 Å². The molecular weight excluding hydrogens is 483 g/mol. The van der Waals surface area contributed by atoms with Crippen LogP contribution < -0.4 is 0 Å². The maximum atomic E-state index is 13.1. The predicted octanol–water partition coefficient (Wildman–Crippen LogP) is 3.69. The summed E-state index contributed by atoms with van der Waals surface area (Å²) in [4.78, 5) is 12.3. The number of sulfone groups is 1. The lowest BCUT2D eigenvalue weighted by Gasteiger charge is -2.11. The van der Waals surface area contributed by atoms with E-state index in [1.54, 1.807) is 12.1 Å². The molecule has 35 heavy (non-hydrogen) atoms. The molecule has 0 aliphatic rings. The molecule has 9 nitrogen and oxygen atoms in total. The first kappa shape index (κ1) is 24.0. The number of halogens is 3. The summed E-state index contributed by atoms with van der Waals surface area (Å²) in [6, 6.07) is 9.70. The Labute approximate surface area is 197 Å². The van der Waals surface area contributed by atoms with E-state index < -0.39 is 21.6 Å². The van der Waals surface area contributed by atoms with Crippen LogP contribution in [-0.2, 0) is 23.1 Å². The summed E-state index contributed by atoms with van der Waals surface area (Å²) in [7, 11) is -2.35. The van der Waals surface area contributed by atoms with Gasteiger partial charge in [0, 0.05) is 25.0 Å². The average Bonchev–Trinajstić information content (AvgIpc) is 3.24. The minimum Gasteiger partial charge on any atom is -0.307 e. The first-order chi connectivity index (χ1) is 16.5. The summed E-state index contributed by atoms with van der Waals surface area (Å²) in [6.07, 6.45) is -2.19. The van der Waals surface area contributed by atoms with E-state index in [1.807, 2.05) is 6.07 Å². The normalized spacial score (nSPS) is 11.9. The van der Waals surface area contributed by atoms with Crippen LogP contribution in [0.1, 0.15) is 18.2 Å². The molecule has 0 fully saturated rings. The second-order valence-electron chi connectivity index (χ2n) is 7.33. The highest BCUT2D eigenvalue weighted by Crippen LogP contribution is 2.33. The first-order valence-electron chi connectivity index (χ1n) is 10.1. The van der Waals surface area contributed by atoms with Gasteiger partial charge in [-0.3, -0.25) is 9.97 Å². The van der Waals surface area contributed by atoms with Gasteiger partial charge in [0.05, 0.1) is 21.9 Å². The largest absolute Gasteiger partial charge is 0.416 e. The van der Waals surface area contributed by atoms with E-state index in [2.05, 4.69) is 25.1 Å². The molecule has 4 aromatic heterocycles. The molecule has 0 saturated carbocycles. The standard InChI is InChI=1S/C22H16F3N7O2S/c1-3-35(33,34)18-9-13(16-6-4-5-15(11-26)29-16)12-28-19(18)21-31-30-20(32(21)2)17-10-14(7-8-27-17)22(23,24)25/h4-10,12H,3H2,1-2H3. The highest BCUT2D eigenvalue weighted by molar-refractivity contribution is 7.91. The molecule has 0 aromatic carbocycles. The topological polar surface area (TPSA) is 127 Å². The molecule has 4 aromatic rings. The van der Waals surface area contributed by atoms with Crippen LogP contribution in [0.15, 0.2) is 53.7 Å². The second-order valence-corrected chi connectivity index (χ2v) is 9.57. The molecule has 0 aliphatic carbocycles. The number of nitriles is 1. The molecule has 0 radical (unpaired) electrons. The minimum atomic E-state index is -4.57. The van der Waals surface area contributed by atoms with Crippen molar-refractivity contribution in [2.75, 3.05) is 5.75 Å². The van der Waals surface area contributed by atoms with E-state index in [0.717, 1.165) is 18.3 Å². The fraction of sp³-hybridized carbons (Fsp3) is 0.182. The van der Waals surface area contributed by atoms with E-state index in [1.165, 1.54) is 36.9 Å². The van der Waals surface area contributed by atoms with Crippen LogP contribution in [0, 0.1) is 11.3 Å². The molecule has 0 unspecified atom stereocenters. The Hall–Kier alpha value is -4.18. The maximum absolute atomic E-state index is 13.1. The number of alkyl halides is 3. The smallest absolute Gasteiger partial charge is 0.307 e. The van der Waals surface area contributed by atoms with Gasteiger partial charge >= 0.3 is 6.18 Å². The Morgan fingerprint density at radius 1 is 1.06 bits per heavy atom. The predicted molar refractivity (Wildman–Crippen MR) is 118 cm³/mol. The quantitative estimate of drug-likeness (QED) is 0.407. The first-order valence-corrected chi connectivity index (χ1v) is 11.7. The van der Waals surface area contributed by atoms with Gasteiger partial charge in [0.2, 0.25) is 0 Å². The number of rotatable bonds is 5. The minimum absolute atomic E-state index is 0.000195. The molecule has 0 N–H and O–H groups in total. The SMILES string of the molecule is CCS(=O)(=O)c1cc(-c2cccc(C#N)n2)cnc1-c1nnc(-c2cc(C(F)(F)F)ccn2)n1C. The van der Waals surface area contributed by atoms with Crippen molar-refractivity contribution < 1.29 is 21.6 Å². The van der Waals surface area contributed by atoms with Gasteiger partial charge in [0.1, 0.15) is 23.2 Å². The Morgan fingerprint density at radius 2 is 1.80 bits per heavy atom. The van der Waals surface area contributed by atoms with Crippen molar-refractivity contribution in [3.63, 3.8) is 0 Å². The van der Waals surface area contributed by atoms with Gasteiger partial charge < -0.3 is 4.57 Å². The molecule has 0 bridgehead atoms. The van der Waals surface area contributed by atoms with Crippen molar-refractivity contribution in [3.8, 4) is 40.4 Å². The van der Waals surface area contributed by atoms with E-state index in [9.17, 15) is 21.6 Å². The highest BCUT2D eigenvalue weighted by Gasteiger charge is 2.31. The molecule has 0 saturated heterocycles. The van der Waals surface area contributed by atoms with Crippen LogP contribution in [0.25, 0.3) is 34.3 Å². The Bertz CT molecular complexity index is 1570.